The maximum absolute atomic E-state index is 3.79. The van der Waals surface area contributed by atoms with Crippen LogP contribution in [-0.2, 0) is 6.42 Å². The molecule has 0 N–H and O–H groups in total. The molecule has 0 aliphatic carbocycles. The summed E-state index contributed by atoms with van der Waals surface area (Å²) in [5.74, 6) is 0.600. The molecule has 0 radical (unpaired) electrons. The van der Waals surface area contributed by atoms with Crippen LogP contribution in [0.2, 0.25) is 0 Å². The largest absolute Gasteiger partial charge is 0.0988 e. The number of benzene rings is 2. The molecule has 0 saturated heterocycles. The highest BCUT2D eigenvalue weighted by atomic mass is 14.1. The van der Waals surface area contributed by atoms with Crippen molar-refractivity contribution in [3.8, 4) is 0 Å². The van der Waals surface area contributed by atoms with Crippen LogP contribution in [0.3, 0.4) is 0 Å². The molecule has 22 heavy (non-hydrogen) atoms. The van der Waals surface area contributed by atoms with Crippen molar-refractivity contribution in [2.75, 3.05) is 0 Å². The fraction of sp³-hybridized carbons (Fsp3) is 0.273. The first-order valence-electron chi connectivity index (χ1n) is 8.04. The number of aryl methyl sites for hydroxylation is 2. The molecule has 0 aliphatic heterocycles. The van der Waals surface area contributed by atoms with Gasteiger partial charge >= 0.3 is 0 Å². The van der Waals surface area contributed by atoms with Crippen molar-refractivity contribution in [3.05, 3.63) is 89.0 Å². The van der Waals surface area contributed by atoms with Crippen LogP contribution >= 0.6 is 0 Å². The van der Waals surface area contributed by atoms with Gasteiger partial charge in [-0.25, -0.2) is 0 Å². The number of rotatable bonds is 6. The molecule has 0 fully saturated rings. The van der Waals surface area contributed by atoms with Crippen molar-refractivity contribution in [2.24, 2.45) is 0 Å². The maximum atomic E-state index is 3.79. The smallest absolute Gasteiger partial charge is 0.0187 e. The summed E-state index contributed by atoms with van der Waals surface area (Å²) in [7, 11) is 0. The molecule has 0 aliphatic rings. The van der Waals surface area contributed by atoms with Crippen LogP contribution < -0.4 is 0 Å². The average Bonchev–Trinajstić information content (AvgIpc) is 2.53. The Bertz CT molecular complexity index is 644. The van der Waals surface area contributed by atoms with Crippen LogP contribution in [0, 0.1) is 6.92 Å². The van der Waals surface area contributed by atoms with Gasteiger partial charge in [0, 0.05) is 0 Å². The minimum atomic E-state index is 0.600. The van der Waals surface area contributed by atoms with E-state index in [-0.39, 0.29) is 0 Å². The summed E-state index contributed by atoms with van der Waals surface area (Å²) in [5.41, 5.74) is 6.64. The van der Waals surface area contributed by atoms with Crippen LogP contribution in [0.4, 0.5) is 0 Å². The SMILES string of the molecule is C=C/C(C)=C/c1ccc(CCC(C)c2cccc(C)c2)cc1. The second-order valence-electron chi connectivity index (χ2n) is 6.19. The molecular formula is C22H26. The minimum absolute atomic E-state index is 0.600. The molecule has 2 aromatic rings. The van der Waals surface area contributed by atoms with Gasteiger partial charge in [0.05, 0.1) is 0 Å². The number of hydrogen-bond donors (Lipinski definition) is 0. The van der Waals surface area contributed by atoms with E-state index in [0.29, 0.717) is 5.92 Å². The summed E-state index contributed by atoms with van der Waals surface area (Å²) in [5, 5.41) is 0. The second kappa shape index (κ2) is 7.79. The van der Waals surface area contributed by atoms with Gasteiger partial charge in [-0.15, -0.1) is 0 Å². The molecule has 0 amide bonds. The van der Waals surface area contributed by atoms with Gasteiger partial charge < -0.3 is 0 Å². The molecule has 1 atom stereocenters. The molecular weight excluding hydrogens is 264 g/mol. The molecule has 0 aromatic heterocycles. The Morgan fingerprint density at radius 1 is 1.14 bits per heavy atom. The zero-order valence-corrected chi connectivity index (χ0v) is 14.0. The van der Waals surface area contributed by atoms with Crippen LogP contribution in [0.5, 0.6) is 0 Å². The first kappa shape index (κ1) is 16.3. The molecule has 2 rings (SSSR count). The van der Waals surface area contributed by atoms with E-state index in [4.69, 9.17) is 0 Å². The lowest BCUT2D eigenvalue weighted by molar-refractivity contribution is 0.679. The Morgan fingerprint density at radius 3 is 2.50 bits per heavy atom. The Labute approximate surface area is 135 Å². The van der Waals surface area contributed by atoms with E-state index in [1.165, 1.54) is 34.2 Å². The second-order valence-corrected chi connectivity index (χ2v) is 6.19. The zero-order valence-electron chi connectivity index (χ0n) is 14.0. The maximum Gasteiger partial charge on any atom is -0.0187 e. The molecule has 0 heteroatoms. The Kier molecular flexibility index (Phi) is 5.77. The van der Waals surface area contributed by atoms with Gasteiger partial charge in [-0.3, -0.25) is 0 Å². The quantitative estimate of drug-likeness (QED) is 0.546. The van der Waals surface area contributed by atoms with E-state index >= 15 is 0 Å². The molecule has 0 heterocycles. The highest BCUT2D eigenvalue weighted by Crippen LogP contribution is 2.22. The van der Waals surface area contributed by atoms with Crippen molar-refractivity contribution in [1.82, 2.24) is 0 Å². The fourth-order valence-electron chi connectivity index (χ4n) is 2.63. The number of hydrogen-bond acceptors (Lipinski definition) is 0. The van der Waals surface area contributed by atoms with Gasteiger partial charge in [0.2, 0.25) is 0 Å². The third-order valence-electron chi connectivity index (χ3n) is 4.17. The van der Waals surface area contributed by atoms with E-state index in [9.17, 15) is 0 Å². The van der Waals surface area contributed by atoms with Gasteiger partial charge in [-0.05, 0) is 49.3 Å². The topological polar surface area (TPSA) is 0 Å². The summed E-state index contributed by atoms with van der Waals surface area (Å²) in [6.45, 7) is 10.3. The first-order chi connectivity index (χ1) is 10.6. The lowest BCUT2D eigenvalue weighted by Crippen LogP contribution is -1.97. The van der Waals surface area contributed by atoms with E-state index in [1.54, 1.807) is 0 Å². The van der Waals surface area contributed by atoms with Gasteiger partial charge in [0.25, 0.3) is 0 Å². The predicted octanol–water partition coefficient (Wildman–Crippen LogP) is 6.32. The summed E-state index contributed by atoms with van der Waals surface area (Å²) >= 11 is 0. The van der Waals surface area contributed by atoms with E-state index < -0.39 is 0 Å². The molecule has 0 nitrogen and oxygen atoms in total. The van der Waals surface area contributed by atoms with E-state index in [2.05, 4.69) is 82.0 Å². The predicted molar refractivity (Wildman–Crippen MR) is 98.2 cm³/mol. The zero-order chi connectivity index (χ0) is 15.9. The van der Waals surface area contributed by atoms with Gasteiger partial charge in [0.1, 0.15) is 0 Å². The molecule has 0 saturated carbocycles. The Morgan fingerprint density at radius 2 is 1.86 bits per heavy atom. The lowest BCUT2D eigenvalue weighted by Gasteiger charge is -2.12. The molecule has 2 aromatic carbocycles. The van der Waals surface area contributed by atoms with Crippen molar-refractivity contribution >= 4 is 6.08 Å². The van der Waals surface area contributed by atoms with Crippen LogP contribution in [0.15, 0.2) is 66.8 Å². The van der Waals surface area contributed by atoms with Gasteiger partial charge in [-0.2, -0.15) is 0 Å². The van der Waals surface area contributed by atoms with Crippen molar-refractivity contribution in [2.45, 2.75) is 39.5 Å². The first-order valence-corrected chi connectivity index (χ1v) is 8.04. The molecule has 0 spiro atoms. The van der Waals surface area contributed by atoms with Crippen LogP contribution in [-0.4, -0.2) is 0 Å². The van der Waals surface area contributed by atoms with Gasteiger partial charge in [0.15, 0.2) is 0 Å². The van der Waals surface area contributed by atoms with Crippen molar-refractivity contribution in [1.29, 1.82) is 0 Å². The van der Waals surface area contributed by atoms with E-state index in [0.717, 1.165) is 6.42 Å². The molecule has 1 unspecified atom stereocenters. The monoisotopic (exact) mass is 290 g/mol. The molecule has 114 valence electrons. The lowest BCUT2D eigenvalue weighted by atomic mass is 9.93. The summed E-state index contributed by atoms with van der Waals surface area (Å²) in [4.78, 5) is 0. The number of allylic oxidation sites excluding steroid dienone is 2. The van der Waals surface area contributed by atoms with E-state index in [1.807, 2.05) is 6.08 Å². The summed E-state index contributed by atoms with van der Waals surface area (Å²) < 4.78 is 0. The minimum Gasteiger partial charge on any atom is -0.0988 e. The van der Waals surface area contributed by atoms with Crippen LogP contribution in [0.1, 0.15) is 48.4 Å². The standard InChI is InChI=1S/C22H26/c1-5-17(2)15-21-13-11-20(12-14-21)10-9-19(4)22-8-6-7-18(3)16-22/h5-8,11-16,19H,1,9-10H2,2-4H3/b17-15+. The Hall–Kier alpha value is -2.08. The van der Waals surface area contributed by atoms with Gasteiger partial charge in [-0.1, -0.05) is 85.3 Å². The average molecular weight is 290 g/mol. The highest BCUT2D eigenvalue weighted by molar-refractivity contribution is 5.55. The normalized spacial score (nSPS) is 13.0. The highest BCUT2D eigenvalue weighted by Gasteiger charge is 2.06. The Balaban J connectivity index is 1.95. The fourth-order valence-corrected chi connectivity index (χ4v) is 2.63. The third kappa shape index (κ3) is 4.73. The van der Waals surface area contributed by atoms with Crippen LogP contribution in [0.25, 0.3) is 6.08 Å². The third-order valence-corrected chi connectivity index (χ3v) is 4.17. The van der Waals surface area contributed by atoms with Crippen molar-refractivity contribution < 1.29 is 0 Å². The summed E-state index contributed by atoms with van der Waals surface area (Å²) in [6.07, 6.45) is 6.35. The van der Waals surface area contributed by atoms with Crippen molar-refractivity contribution in [3.63, 3.8) is 0 Å². The summed E-state index contributed by atoms with van der Waals surface area (Å²) in [6, 6.07) is 17.7. The molecule has 0 bridgehead atoms.